The van der Waals surface area contributed by atoms with Gasteiger partial charge in [0.2, 0.25) is 0 Å². The Morgan fingerprint density at radius 1 is 1.07 bits per heavy atom. The van der Waals surface area contributed by atoms with E-state index in [1.807, 2.05) is 0 Å². The predicted octanol–water partition coefficient (Wildman–Crippen LogP) is 1.30. The Morgan fingerprint density at radius 3 is 2.32 bits per heavy atom. The third-order valence-corrected chi connectivity index (χ3v) is 4.10. The van der Waals surface area contributed by atoms with Gasteiger partial charge in [-0.25, -0.2) is 8.78 Å². The van der Waals surface area contributed by atoms with Gasteiger partial charge in [0.25, 0.3) is 11.8 Å². The quantitative estimate of drug-likeness (QED) is 0.634. The number of hydrogen-bond donors (Lipinski definition) is 3. The highest BCUT2D eigenvalue weighted by atomic mass is 19.1. The van der Waals surface area contributed by atoms with Crippen molar-refractivity contribution in [2.24, 2.45) is 0 Å². The van der Waals surface area contributed by atoms with Crippen LogP contribution >= 0.6 is 0 Å². The smallest absolute Gasteiger partial charge is 0.279 e. The van der Waals surface area contributed by atoms with Crippen LogP contribution in [0, 0.1) is 11.6 Å². The van der Waals surface area contributed by atoms with Crippen LogP contribution in [0.2, 0.25) is 0 Å². The summed E-state index contributed by atoms with van der Waals surface area (Å²) in [5, 5.41) is 5.40. The number of ether oxygens (including phenoxy) is 1. The van der Waals surface area contributed by atoms with E-state index in [-0.39, 0.29) is 30.5 Å². The summed E-state index contributed by atoms with van der Waals surface area (Å²) in [5.74, 6) is -1.29. The van der Waals surface area contributed by atoms with E-state index in [1.54, 1.807) is 45.3 Å². The SMILES string of the molecule is COc1ccc(NC(=O)C[NH+](C)CC(=O)N[C@H](C)c2ccc(F)cc2F)cc1. The fraction of sp³-hybridized carbons (Fsp3) is 0.300. The zero-order valence-corrected chi connectivity index (χ0v) is 16.0. The van der Waals surface area contributed by atoms with Gasteiger partial charge >= 0.3 is 0 Å². The molecule has 0 aliphatic carbocycles. The van der Waals surface area contributed by atoms with Crippen LogP contribution in [-0.2, 0) is 9.59 Å². The monoisotopic (exact) mass is 392 g/mol. The maximum absolute atomic E-state index is 13.8. The van der Waals surface area contributed by atoms with Gasteiger partial charge in [0.05, 0.1) is 20.2 Å². The minimum Gasteiger partial charge on any atom is -0.497 e. The van der Waals surface area contributed by atoms with Gasteiger partial charge in [0.15, 0.2) is 13.1 Å². The lowest BCUT2D eigenvalue weighted by atomic mass is 10.1. The van der Waals surface area contributed by atoms with Gasteiger partial charge in [-0.1, -0.05) is 6.07 Å². The van der Waals surface area contributed by atoms with E-state index in [4.69, 9.17) is 4.74 Å². The Kier molecular flexibility index (Phi) is 7.45. The fourth-order valence-corrected chi connectivity index (χ4v) is 2.71. The Hall–Kier alpha value is -3.00. The summed E-state index contributed by atoms with van der Waals surface area (Å²) in [6.07, 6.45) is 0. The summed E-state index contributed by atoms with van der Waals surface area (Å²) in [6.45, 7) is 1.72. The number of nitrogens with one attached hydrogen (secondary N) is 3. The number of hydrogen-bond acceptors (Lipinski definition) is 3. The Morgan fingerprint density at radius 2 is 1.71 bits per heavy atom. The lowest BCUT2D eigenvalue weighted by Crippen LogP contribution is -3.11. The minimum atomic E-state index is -0.715. The molecule has 1 unspecified atom stereocenters. The molecule has 3 N–H and O–H groups in total. The summed E-state index contributed by atoms with van der Waals surface area (Å²) >= 11 is 0. The maximum atomic E-state index is 13.8. The second-order valence-electron chi connectivity index (χ2n) is 6.54. The first kappa shape index (κ1) is 21.3. The Labute approximate surface area is 162 Å². The average molecular weight is 392 g/mol. The molecule has 0 bridgehead atoms. The van der Waals surface area contributed by atoms with Crippen molar-refractivity contribution >= 4 is 17.5 Å². The number of likely N-dealkylation sites (N-methyl/N-ethyl adjacent to an activating group) is 1. The highest BCUT2D eigenvalue weighted by Gasteiger charge is 2.18. The Balaban J connectivity index is 1.81. The molecule has 28 heavy (non-hydrogen) atoms. The van der Waals surface area contributed by atoms with E-state index in [0.29, 0.717) is 16.3 Å². The molecule has 2 amide bonds. The molecule has 0 radical (unpaired) electrons. The van der Waals surface area contributed by atoms with Crippen molar-refractivity contribution in [1.82, 2.24) is 5.32 Å². The summed E-state index contributed by atoms with van der Waals surface area (Å²) < 4.78 is 31.8. The standard InChI is InChI=1S/C20H23F2N3O3/c1-13(17-9-4-14(21)10-18(17)22)23-19(26)11-25(2)12-20(27)24-15-5-7-16(28-3)8-6-15/h4-10,13H,11-12H2,1-3H3,(H,23,26)(H,24,27)/p+1/t13-/m1/s1. The zero-order chi connectivity index (χ0) is 20.7. The van der Waals surface area contributed by atoms with E-state index >= 15 is 0 Å². The number of anilines is 1. The second kappa shape index (κ2) is 9.80. The summed E-state index contributed by atoms with van der Waals surface area (Å²) in [6, 6.07) is 9.50. The van der Waals surface area contributed by atoms with Crippen LogP contribution in [0.25, 0.3) is 0 Å². The van der Waals surface area contributed by atoms with Crippen LogP contribution < -0.4 is 20.3 Å². The number of benzene rings is 2. The molecule has 2 aromatic rings. The highest BCUT2D eigenvalue weighted by Crippen LogP contribution is 2.17. The molecule has 0 heterocycles. The van der Waals surface area contributed by atoms with Crippen LogP contribution in [0.1, 0.15) is 18.5 Å². The third kappa shape index (κ3) is 6.31. The number of quaternary nitrogens is 1. The van der Waals surface area contributed by atoms with Crippen LogP contribution in [0.3, 0.4) is 0 Å². The number of rotatable bonds is 8. The van der Waals surface area contributed by atoms with E-state index in [9.17, 15) is 18.4 Å². The van der Waals surface area contributed by atoms with E-state index in [2.05, 4.69) is 10.6 Å². The molecular weight excluding hydrogens is 368 g/mol. The first-order valence-corrected chi connectivity index (χ1v) is 8.78. The molecule has 0 aromatic heterocycles. The van der Waals surface area contributed by atoms with Gasteiger partial charge in [-0.15, -0.1) is 0 Å². The average Bonchev–Trinajstić information content (AvgIpc) is 2.61. The molecule has 0 saturated carbocycles. The largest absolute Gasteiger partial charge is 0.497 e. The summed E-state index contributed by atoms with van der Waals surface area (Å²) in [7, 11) is 3.26. The van der Waals surface area contributed by atoms with E-state index in [1.165, 1.54) is 6.07 Å². The predicted molar refractivity (Wildman–Crippen MR) is 101 cm³/mol. The normalized spacial score (nSPS) is 12.8. The van der Waals surface area contributed by atoms with Crippen molar-refractivity contribution in [3.8, 4) is 5.75 Å². The maximum Gasteiger partial charge on any atom is 0.279 e. The van der Waals surface area contributed by atoms with Crippen molar-refractivity contribution in [2.45, 2.75) is 13.0 Å². The molecule has 150 valence electrons. The number of halogens is 2. The lowest BCUT2D eigenvalue weighted by Gasteiger charge is -2.17. The van der Waals surface area contributed by atoms with Crippen molar-refractivity contribution in [3.05, 3.63) is 59.7 Å². The molecule has 0 saturated heterocycles. The second-order valence-corrected chi connectivity index (χ2v) is 6.54. The molecule has 0 spiro atoms. The number of carbonyl (C=O) groups is 2. The van der Waals surface area contributed by atoms with Crippen molar-refractivity contribution < 1.29 is 28.0 Å². The molecule has 8 heteroatoms. The minimum absolute atomic E-state index is 0.0309. The van der Waals surface area contributed by atoms with Gasteiger partial charge in [-0.05, 0) is 37.3 Å². The van der Waals surface area contributed by atoms with Gasteiger partial charge < -0.3 is 20.3 Å². The number of methoxy groups -OCH3 is 1. The number of amides is 2. The van der Waals surface area contributed by atoms with E-state index < -0.39 is 17.7 Å². The zero-order valence-electron chi connectivity index (χ0n) is 16.0. The molecule has 2 aromatic carbocycles. The molecule has 0 aliphatic heterocycles. The molecule has 2 atom stereocenters. The van der Waals surface area contributed by atoms with Crippen molar-refractivity contribution in [3.63, 3.8) is 0 Å². The van der Waals surface area contributed by atoms with Crippen LogP contribution in [0.15, 0.2) is 42.5 Å². The molecule has 6 nitrogen and oxygen atoms in total. The first-order valence-electron chi connectivity index (χ1n) is 8.78. The molecular formula is C20H24F2N3O3+. The van der Waals surface area contributed by atoms with Crippen molar-refractivity contribution in [1.29, 1.82) is 0 Å². The van der Waals surface area contributed by atoms with E-state index in [0.717, 1.165) is 12.1 Å². The van der Waals surface area contributed by atoms with Crippen LogP contribution in [0.4, 0.5) is 14.5 Å². The van der Waals surface area contributed by atoms with Gasteiger partial charge in [-0.3, -0.25) is 9.59 Å². The summed E-state index contributed by atoms with van der Waals surface area (Å²) in [5.41, 5.74) is 0.827. The fourth-order valence-electron chi connectivity index (χ4n) is 2.71. The summed E-state index contributed by atoms with van der Waals surface area (Å²) in [4.78, 5) is 24.9. The molecule has 0 fully saturated rings. The lowest BCUT2D eigenvalue weighted by molar-refractivity contribution is -0.862. The first-order chi connectivity index (χ1) is 13.3. The topological polar surface area (TPSA) is 71.9 Å². The molecule has 2 rings (SSSR count). The van der Waals surface area contributed by atoms with Crippen LogP contribution in [0.5, 0.6) is 5.75 Å². The van der Waals surface area contributed by atoms with Crippen molar-refractivity contribution in [2.75, 3.05) is 32.6 Å². The van der Waals surface area contributed by atoms with Gasteiger partial charge in [-0.2, -0.15) is 0 Å². The van der Waals surface area contributed by atoms with Gasteiger partial charge in [0, 0.05) is 17.3 Å². The Bertz CT molecular complexity index is 828. The van der Waals surface area contributed by atoms with Gasteiger partial charge in [0.1, 0.15) is 17.4 Å². The number of carbonyl (C=O) groups excluding carboxylic acids is 2. The highest BCUT2D eigenvalue weighted by molar-refractivity contribution is 5.91. The molecule has 0 aliphatic rings. The third-order valence-electron chi connectivity index (χ3n) is 4.10. The van der Waals surface area contributed by atoms with Crippen LogP contribution in [-0.4, -0.2) is 39.1 Å².